The number of methoxy groups -OCH3 is 1. The Balaban J connectivity index is 2.69. The van der Waals surface area contributed by atoms with Gasteiger partial charge in [0.15, 0.2) is 0 Å². The molecular formula is C12H17NO4S. The monoisotopic (exact) mass is 271 g/mol. The van der Waals surface area contributed by atoms with Crippen molar-refractivity contribution in [3.63, 3.8) is 0 Å². The van der Waals surface area contributed by atoms with Gasteiger partial charge in [0.2, 0.25) is 0 Å². The Morgan fingerprint density at radius 2 is 2.22 bits per heavy atom. The third-order valence-corrected chi connectivity index (χ3v) is 3.72. The number of nitrogens with zero attached hydrogens (tertiary/aromatic N) is 1. The number of nitro groups is 1. The van der Waals surface area contributed by atoms with Crippen LogP contribution in [0.2, 0.25) is 0 Å². The Hall–Kier alpha value is -1.27. The molecule has 0 amide bonds. The highest BCUT2D eigenvalue weighted by Crippen LogP contribution is 2.25. The Kier molecular flexibility index (Phi) is 5.94. The molecule has 18 heavy (non-hydrogen) atoms. The van der Waals surface area contributed by atoms with Gasteiger partial charge in [-0.25, -0.2) is 0 Å². The van der Waals surface area contributed by atoms with Gasteiger partial charge in [0.1, 0.15) is 5.75 Å². The highest BCUT2D eigenvalue weighted by atomic mass is 32.2. The van der Waals surface area contributed by atoms with E-state index in [4.69, 9.17) is 9.84 Å². The van der Waals surface area contributed by atoms with Gasteiger partial charge in [0.25, 0.3) is 5.69 Å². The summed E-state index contributed by atoms with van der Waals surface area (Å²) in [5.41, 5.74) is 0.899. The van der Waals surface area contributed by atoms with E-state index in [-0.39, 0.29) is 18.2 Å². The fourth-order valence-corrected chi connectivity index (χ4v) is 2.41. The topological polar surface area (TPSA) is 72.6 Å². The van der Waals surface area contributed by atoms with Crippen LogP contribution < -0.4 is 4.74 Å². The summed E-state index contributed by atoms with van der Waals surface area (Å²) in [4.78, 5) is 10.3. The van der Waals surface area contributed by atoms with Crippen LogP contribution in [0, 0.1) is 16.0 Å². The molecule has 0 saturated carbocycles. The van der Waals surface area contributed by atoms with Crippen molar-refractivity contribution in [2.45, 2.75) is 12.7 Å². The molecule has 1 aromatic rings. The summed E-state index contributed by atoms with van der Waals surface area (Å²) >= 11 is 1.64. The second kappa shape index (κ2) is 7.23. The van der Waals surface area contributed by atoms with Crippen molar-refractivity contribution in [1.29, 1.82) is 0 Å². The maximum atomic E-state index is 10.8. The predicted octanol–water partition coefficient (Wildman–Crippen LogP) is 2.47. The fourth-order valence-electron chi connectivity index (χ4n) is 1.38. The molecule has 100 valence electrons. The Labute approximate surface area is 110 Å². The summed E-state index contributed by atoms with van der Waals surface area (Å²) in [6.45, 7) is 2.12. The molecule has 1 rings (SSSR count). The zero-order valence-corrected chi connectivity index (χ0v) is 11.3. The van der Waals surface area contributed by atoms with Crippen molar-refractivity contribution in [3.8, 4) is 5.75 Å². The van der Waals surface area contributed by atoms with Crippen molar-refractivity contribution in [2.24, 2.45) is 5.92 Å². The molecule has 1 unspecified atom stereocenters. The number of rotatable bonds is 7. The lowest BCUT2D eigenvalue weighted by Gasteiger charge is -2.08. The van der Waals surface area contributed by atoms with Gasteiger partial charge in [-0.05, 0) is 23.3 Å². The molecule has 1 atom stereocenters. The van der Waals surface area contributed by atoms with Crippen LogP contribution in [0.4, 0.5) is 5.69 Å². The van der Waals surface area contributed by atoms with Crippen LogP contribution >= 0.6 is 11.8 Å². The van der Waals surface area contributed by atoms with Crippen LogP contribution in [-0.4, -0.2) is 29.5 Å². The van der Waals surface area contributed by atoms with Crippen LogP contribution in [0.25, 0.3) is 0 Å². The van der Waals surface area contributed by atoms with Gasteiger partial charge in [0, 0.05) is 18.4 Å². The van der Waals surface area contributed by atoms with Gasteiger partial charge >= 0.3 is 0 Å². The van der Waals surface area contributed by atoms with Gasteiger partial charge in [-0.15, -0.1) is 0 Å². The van der Waals surface area contributed by atoms with E-state index in [1.807, 2.05) is 6.92 Å². The first kappa shape index (κ1) is 14.8. The third-order valence-electron chi connectivity index (χ3n) is 2.38. The second-order valence-electron chi connectivity index (χ2n) is 4.10. The van der Waals surface area contributed by atoms with Crippen molar-refractivity contribution in [1.82, 2.24) is 0 Å². The SMILES string of the molecule is COc1cc(CSCC(C)CO)cc([N+](=O)[O-])c1. The highest BCUT2D eigenvalue weighted by molar-refractivity contribution is 7.98. The minimum Gasteiger partial charge on any atom is -0.496 e. The van der Waals surface area contributed by atoms with E-state index in [1.54, 1.807) is 23.9 Å². The number of thioether (sulfide) groups is 1. The van der Waals surface area contributed by atoms with E-state index in [0.29, 0.717) is 11.5 Å². The first-order valence-electron chi connectivity index (χ1n) is 5.57. The molecule has 0 aromatic heterocycles. The molecule has 0 bridgehead atoms. The van der Waals surface area contributed by atoms with Crippen LogP contribution in [0.1, 0.15) is 12.5 Å². The van der Waals surface area contributed by atoms with Crippen LogP contribution in [-0.2, 0) is 5.75 Å². The Morgan fingerprint density at radius 3 is 2.78 bits per heavy atom. The summed E-state index contributed by atoms with van der Waals surface area (Å²) < 4.78 is 5.04. The maximum absolute atomic E-state index is 10.8. The summed E-state index contributed by atoms with van der Waals surface area (Å²) in [5, 5.41) is 19.7. The summed E-state index contributed by atoms with van der Waals surface area (Å²) in [6, 6.07) is 4.76. The number of aliphatic hydroxyl groups excluding tert-OH is 1. The molecule has 0 saturated heterocycles. The predicted molar refractivity (Wildman–Crippen MR) is 72.1 cm³/mol. The van der Waals surface area contributed by atoms with E-state index >= 15 is 0 Å². The second-order valence-corrected chi connectivity index (χ2v) is 5.13. The molecular weight excluding hydrogens is 254 g/mol. The van der Waals surface area contributed by atoms with Gasteiger partial charge in [-0.1, -0.05) is 6.92 Å². The standard InChI is InChI=1S/C12H17NO4S/c1-9(6-14)7-18-8-10-3-11(13(15)16)5-12(4-10)17-2/h3-5,9,14H,6-8H2,1-2H3. The molecule has 0 aliphatic rings. The van der Waals surface area contributed by atoms with Gasteiger partial charge in [-0.2, -0.15) is 11.8 Å². The van der Waals surface area contributed by atoms with Crippen LogP contribution in [0.15, 0.2) is 18.2 Å². The molecule has 0 spiro atoms. The average Bonchev–Trinajstić information content (AvgIpc) is 2.37. The number of non-ortho nitro benzene ring substituents is 1. The van der Waals surface area contributed by atoms with Crippen LogP contribution in [0.3, 0.4) is 0 Å². The number of hydrogen-bond donors (Lipinski definition) is 1. The van der Waals surface area contributed by atoms with Crippen molar-refractivity contribution < 1.29 is 14.8 Å². The molecule has 1 N–H and O–H groups in total. The zero-order valence-electron chi connectivity index (χ0n) is 10.5. The van der Waals surface area contributed by atoms with E-state index in [9.17, 15) is 10.1 Å². The van der Waals surface area contributed by atoms with Gasteiger partial charge in [-0.3, -0.25) is 10.1 Å². The Morgan fingerprint density at radius 1 is 1.50 bits per heavy atom. The lowest BCUT2D eigenvalue weighted by atomic mass is 10.2. The molecule has 0 aliphatic carbocycles. The average molecular weight is 271 g/mol. The van der Waals surface area contributed by atoms with Crippen molar-refractivity contribution in [3.05, 3.63) is 33.9 Å². The number of benzene rings is 1. The minimum absolute atomic E-state index is 0.0418. The number of aliphatic hydroxyl groups is 1. The number of hydrogen-bond acceptors (Lipinski definition) is 5. The molecule has 0 heterocycles. The first-order valence-corrected chi connectivity index (χ1v) is 6.73. The lowest BCUT2D eigenvalue weighted by molar-refractivity contribution is -0.385. The van der Waals surface area contributed by atoms with Gasteiger partial charge < -0.3 is 9.84 Å². The van der Waals surface area contributed by atoms with E-state index in [2.05, 4.69) is 0 Å². The maximum Gasteiger partial charge on any atom is 0.273 e. The fraction of sp³-hybridized carbons (Fsp3) is 0.500. The summed E-state index contributed by atoms with van der Waals surface area (Å²) in [7, 11) is 1.49. The van der Waals surface area contributed by atoms with E-state index < -0.39 is 4.92 Å². The highest BCUT2D eigenvalue weighted by Gasteiger charge is 2.10. The molecule has 0 radical (unpaired) electrons. The third kappa shape index (κ3) is 4.54. The quantitative estimate of drug-likeness (QED) is 0.609. The summed E-state index contributed by atoms with van der Waals surface area (Å²) in [6.07, 6.45) is 0. The molecule has 0 aliphatic heterocycles. The molecule has 0 fully saturated rings. The van der Waals surface area contributed by atoms with Crippen molar-refractivity contribution >= 4 is 17.4 Å². The van der Waals surface area contributed by atoms with E-state index in [0.717, 1.165) is 11.3 Å². The summed E-state index contributed by atoms with van der Waals surface area (Å²) in [5.74, 6) is 2.22. The largest absolute Gasteiger partial charge is 0.496 e. The molecule has 6 heteroatoms. The molecule has 5 nitrogen and oxygen atoms in total. The minimum atomic E-state index is -0.424. The lowest BCUT2D eigenvalue weighted by Crippen LogP contribution is -2.03. The number of ether oxygens (including phenoxy) is 1. The number of nitro benzene ring substituents is 1. The van der Waals surface area contributed by atoms with Crippen molar-refractivity contribution in [2.75, 3.05) is 19.5 Å². The first-order chi connectivity index (χ1) is 8.56. The normalized spacial score (nSPS) is 12.2. The smallest absolute Gasteiger partial charge is 0.273 e. The molecule has 1 aromatic carbocycles. The van der Waals surface area contributed by atoms with E-state index in [1.165, 1.54) is 13.2 Å². The van der Waals surface area contributed by atoms with Gasteiger partial charge in [0.05, 0.1) is 18.1 Å². The Bertz CT molecular complexity index is 411. The van der Waals surface area contributed by atoms with Crippen LogP contribution in [0.5, 0.6) is 5.75 Å². The zero-order chi connectivity index (χ0) is 13.5.